The minimum absolute atomic E-state index is 0.00477. The summed E-state index contributed by atoms with van der Waals surface area (Å²) in [6.45, 7) is 0.779. The number of aryl methyl sites for hydroxylation is 1. The number of hydrogen-bond acceptors (Lipinski definition) is 2. The molecule has 3 heteroatoms. The fourth-order valence-electron chi connectivity index (χ4n) is 2.54. The van der Waals surface area contributed by atoms with Gasteiger partial charge in [0.2, 0.25) is 0 Å². The van der Waals surface area contributed by atoms with E-state index in [0.717, 1.165) is 36.9 Å². The fourth-order valence-corrected chi connectivity index (χ4v) is 2.54. The Hall–Kier alpha value is -1.38. The van der Waals surface area contributed by atoms with Crippen LogP contribution >= 0.6 is 0 Å². The number of benzene rings is 1. The molecule has 1 unspecified atom stereocenters. The molecule has 1 aromatic carbocycles. The van der Waals surface area contributed by atoms with Crippen molar-refractivity contribution in [3.8, 4) is 0 Å². The Labute approximate surface area is 88.2 Å². The number of rotatable bonds is 0. The standard InChI is InChI=1S/C12H13FN2/c13-11-3-1-2-9-4-5-12(6-10(9)11)7-14-8-15-12/h1-3,8H,4-7H2,(H,14,15). The van der Waals surface area contributed by atoms with Gasteiger partial charge in [-0.05, 0) is 30.0 Å². The van der Waals surface area contributed by atoms with Crippen molar-refractivity contribution in [2.24, 2.45) is 4.99 Å². The van der Waals surface area contributed by atoms with Crippen LogP contribution in [0, 0.1) is 5.82 Å². The lowest BCUT2D eigenvalue weighted by molar-refractivity contribution is 0.356. The third kappa shape index (κ3) is 1.34. The van der Waals surface area contributed by atoms with E-state index in [4.69, 9.17) is 0 Å². The first-order valence-corrected chi connectivity index (χ1v) is 5.31. The molecule has 0 saturated carbocycles. The highest BCUT2D eigenvalue weighted by molar-refractivity contribution is 5.59. The molecule has 15 heavy (non-hydrogen) atoms. The van der Waals surface area contributed by atoms with E-state index in [9.17, 15) is 4.39 Å². The first-order valence-electron chi connectivity index (χ1n) is 5.31. The number of hydrogen-bond donors (Lipinski definition) is 1. The predicted molar refractivity (Wildman–Crippen MR) is 57.7 cm³/mol. The fraction of sp³-hybridized carbons (Fsp3) is 0.417. The smallest absolute Gasteiger partial charge is 0.126 e. The van der Waals surface area contributed by atoms with Crippen LogP contribution in [0.15, 0.2) is 23.2 Å². The first-order chi connectivity index (χ1) is 7.29. The minimum atomic E-state index is -0.0692. The molecule has 2 aliphatic rings. The van der Waals surface area contributed by atoms with E-state index in [0.29, 0.717) is 0 Å². The summed E-state index contributed by atoms with van der Waals surface area (Å²) in [6, 6.07) is 5.37. The maximum Gasteiger partial charge on any atom is 0.126 e. The zero-order valence-corrected chi connectivity index (χ0v) is 8.46. The van der Waals surface area contributed by atoms with E-state index in [2.05, 4.69) is 10.3 Å². The average molecular weight is 204 g/mol. The minimum Gasteiger partial charge on any atom is -0.369 e. The van der Waals surface area contributed by atoms with Gasteiger partial charge in [-0.2, -0.15) is 0 Å². The molecule has 3 rings (SSSR count). The number of nitrogens with zero attached hydrogens (tertiary/aromatic N) is 1. The van der Waals surface area contributed by atoms with Crippen LogP contribution in [0.1, 0.15) is 17.5 Å². The van der Waals surface area contributed by atoms with Gasteiger partial charge >= 0.3 is 0 Å². The molecule has 0 radical (unpaired) electrons. The largest absolute Gasteiger partial charge is 0.369 e. The molecule has 1 aromatic rings. The third-order valence-corrected chi connectivity index (χ3v) is 3.46. The number of halogens is 1. The molecular formula is C12H13FN2. The molecule has 0 amide bonds. The van der Waals surface area contributed by atoms with Crippen LogP contribution in [0.4, 0.5) is 4.39 Å². The van der Waals surface area contributed by atoms with Gasteiger partial charge in [-0.15, -0.1) is 0 Å². The molecule has 0 bridgehead atoms. The van der Waals surface area contributed by atoms with Crippen molar-refractivity contribution in [1.82, 2.24) is 5.32 Å². The molecular weight excluding hydrogens is 191 g/mol. The van der Waals surface area contributed by atoms with Gasteiger partial charge in [0, 0.05) is 6.42 Å². The van der Waals surface area contributed by atoms with Gasteiger partial charge in [0.05, 0.1) is 18.4 Å². The van der Waals surface area contributed by atoms with Crippen LogP contribution in [0.3, 0.4) is 0 Å². The van der Waals surface area contributed by atoms with Crippen LogP contribution in [0.2, 0.25) is 0 Å². The number of nitrogens with one attached hydrogen (secondary N) is 1. The predicted octanol–water partition coefficient (Wildman–Crippen LogP) is 1.68. The molecule has 1 aliphatic heterocycles. The highest BCUT2D eigenvalue weighted by atomic mass is 19.1. The second-order valence-electron chi connectivity index (χ2n) is 4.45. The van der Waals surface area contributed by atoms with Gasteiger partial charge in [0.1, 0.15) is 5.82 Å². The molecule has 0 saturated heterocycles. The second kappa shape index (κ2) is 3.05. The molecule has 1 N–H and O–H groups in total. The molecule has 1 atom stereocenters. The summed E-state index contributed by atoms with van der Waals surface area (Å²) in [5.74, 6) is -0.0692. The SMILES string of the molecule is Fc1cccc2c1CC1(CC2)CN=CN1. The van der Waals surface area contributed by atoms with Crippen molar-refractivity contribution in [1.29, 1.82) is 0 Å². The van der Waals surface area contributed by atoms with Gasteiger partial charge in [0.25, 0.3) is 0 Å². The van der Waals surface area contributed by atoms with Gasteiger partial charge < -0.3 is 5.32 Å². The van der Waals surface area contributed by atoms with Crippen molar-refractivity contribution < 1.29 is 4.39 Å². The van der Waals surface area contributed by atoms with Crippen LogP contribution in [0.25, 0.3) is 0 Å². The van der Waals surface area contributed by atoms with Crippen molar-refractivity contribution in [3.05, 3.63) is 35.1 Å². The maximum absolute atomic E-state index is 13.6. The monoisotopic (exact) mass is 204 g/mol. The van der Waals surface area contributed by atoms with E-state index in [1.54, 1.807) is 18.5 Å². The summed E-state index contributed by atoms with van der Waals surface area (Å²) in [4.78, 5) is 4.20. The molecule has 0 aromatic heterocycles. The van der Waals surface area contributed by atoms with Crippen molar-refractivity contribution in [3.63, 3.8) is 0 Å². The number of fused-ring (bicyclic) bond motifs is 1. The van der Waals surface area contributed by atoms with Crippen molar-refractivity contribution in [2.75, 3.05) is 6.54 Å². The van der Waals surface area contributed by atoms with Crippen molar-refractivity contribution in [2.45, 2.75) is 24.8 Å². The van der Waals surface area contributed by atoms with E-state index >= 15 is 0 Å². The highest BCUT2D eigenvalue weighted by Gasteiger charge is 2.36. The summed E-state index contributed by atoms with van der Waals surface area (Å²) in [6.07, 6.45) is 4.51. The average Bonchev–Trinajstić information content (AvgIpc) is 2.68. The quantitative estimate of drug-likeness (QED) is 0.683. The topological polar surface area (TPSA) is 24.4 Å². The van der Waals surface area contributed by atoms with Gasteiger partial charge in [-0.3, -0.25) is 4.99 Å². The van der Waals surface area contributed by atoms with Crippen LogP contribution in [-0.4, -0.2) is 18.4 Å². The Balaban J connectivity index is 1.98. The zero-order chi connectivity index (χ0) is 10.3. The molecule has 1 aliphatic carbocycles. The maximum atomic E-state index is 13.6. The van der Waals surface area contributed by atoms with Crippen molar-refractivity contribution >= 4 is 6.34 Å². The zero-order valence-electron chi connectivity index (χ0n) is 8.46. The molecule has 1 spiro atoms. The Kier molecular flexibility index (Phi) is 1.81. The van der Waals surface area contributed by atoms with Crippen LogP contribution < -0.4 is 5.32 Å². The Morgan fingerprint density at radius 1 is 1.40 bits per heavy atom. The van der Waals surface area contributed by atoms with E-state index in [1.807, 2.05) is 6.07 Å². The molecule has 0 fully saturated rings. The van der Waals surface area contributed by atoms with E-state index < -0.39 is 0 Å². The van der Waals surface area contributed by atoms with Gasteiger partial charge in [-0.25, -0.2) is 4.39 Å². The summed E-state index contributed by atoms with van der Waals surface area (Å²) >= 11 is 0. The lowest BCUT2D eigenvalue weighted by Crippen LogP contribution is -2.48. The summed E-state index contributed by atoms with van der Waals surface area (Å²) in [5, 5.41) is 3.28. The Morgan fingerprint density at radius 2 is 2.33 bits per heavy atom. The van der Waals surface area contributed by atoms with Gasteiger partial charge in [0.15, 0.2) is 0 Å². The lowest BCUT2D eigenvalue weighted by atomic mass is 9.78. The first kappa shape index (κ1) is 8.89. The van der Waals surface area contributed by atoms with E-state index in [-0.39, 0.29) is 11.4 Å². The lowest BCUT2D eigenvalue weighted by Gasteiger charge is -2.34. The summed E-state index contributed by atoms with van der Waals surface area (Å²) in [7, 11) is 0. The van der Waals surface area contributed by atoms with Crippen LogP contribution in [0.5, 0.6) is 0 Å². The molecule has 78 valence electrons. The van der Waals surface area contributed by atoms with Gasteiger partial charge in [-0.1, -0.05) is 12.1 Å². The normalized spacial score (nSPS) is 27.8. The molecule has 2 nitrogen and oxygen atoms in total. The summed E-state index contributed by atoms with van der Waals surface area (Å²) in [5.41, 5.74) is 2.03. The van der Waals surface area contributed by atoms with Crippen LogP contribution in [-0.2, 0) is 12.8 Å². The second-order valence-corrected chi connectivity index (χ2v) is 4.45. The highest BCUT2D eigenvalue weighted by Crippen LogP contribution is 2.31. The molecule has 1 heterocycles. The Bertz CT molecular complexity index is 418. The Morgan fingerprint density at radius 3 is 3.13 bits per heavy atom. The third-order valence-electron chi connectivity index (χ3n) is 3.46. The number of aliphatic imine (C=N–C) groups is 1. The van der Waals surface area contributed by atoms with E-state index in [1.165, 1.54) is 0 Å². The summed E-state index contributed by atoms with van der Waals surface area (Å²) < 4.78 is 13.6.